The number of amides is 1. The number of imidazole rings is 1. The maximum atomic E-state index is 12.5. The molecular weight excluding hydrogens is 306 g/mol. The van der Waals surface area contributed by atoms with E-state index in [1.807, 2.05) is 33.7 Å². The minimum absolute atomic E-state index is 0.0369. The first kappa shape index (κ1) is 14.6. The van der Waals surface area contributed by atoms with Crippen LogP contribution in [-0.2, 0) is 11.3 Å². The van der Waals surface area contributed by atoms with Crippen molar-refractivity contribution in [1.29, 1.82) is 0 Å². The number of ether oxygens (including phenoxy) is 1. The highest BCUT2D eigenvalue weighted by molar-refractivity contribution is 5.80. The van der Waals surface area contributed by atoms with E-state index in [2.05, 4.69) is 15.2 Å². The third-order valence-electron chi connectivity index (χ3n) is 4.17. The predicted molar refractivity (Wildman–Crippen MR) is 87.4 cm³/mol. The number of rotatable bonds is 4. The summed E-state index contributed by atoms with van der Waals surface area (Å²) in [5, 5.41) is 7.71. The van der Waals surface area contributed by atoms with Crippen LogP contribution in [-0.4, -0.2) is 49.7 Å². The lowest BCUT2D eigenvalue weighted by atomic mass is 10.3. The molecule has 0 saturated carbocycles. The zero-order chi connectivity index (χ0) is 16.4. The number of likely N-dealkylation sites (tertiary alicyclic amines) is 1. The van der Waals surface area contributed by atoms with Gasteiger partial charge in [0.15, 0.2) is 0 Å². The Labute approximate surface area is 138 Å². The Kier molecular flexibility index (Phi) is 3.82. The zero-order valence-corrected chi connectivity index (χ0v) is 13.1. The predicted octanol–water partition coefficient (Wildman–Crippen LogP) is 1.51. The fourth-order valence-corrected chi connectivity index (χ4v) is 2.95. The van der Waals surface area contributed by atoms with E-state index >= 15 is 0 Å². The van der Waals surface area contributed by atoms with Gasteiger partial charge in [-0.25, -0.2) is 4.98 Å². The summed E-state index contributed by atoms with van der Waals surface area (Å²) >= 11 is 0. The third kappa shape index (κ3) is 2.92. The average molecular weight is 323 g/mol. The standard InChI is InChI=1S/C17H17N5O2/c23-17(11-22-12-18-14-4-1-2-5-15(14)22)21-9-7-13(10-21)24-16-6-3-8-19-20-16/h1-6,8,12-13H,7,9-11H2/t13-/m1/s1. The summed E-state index contributed by atoms with van der Waals surface area (Å²) in [6, 6.07) is 11.4. The lowest BCUT2D eigenvalue weighted by Gasteiger charge is -2.17. The van der Waals surface area contributed by atoms with Gasteiger partial charge in [0, 0.05) is 25.2 Å². The van der Waals surface area contributed by atoms with E-state index in [1.165, 1.54) is 0 Å². The molecule has 0 bridgehead atoms. The lowest BCUT2D eigenvalue weighted by Crippen LogP contribution is -2.33. The third-order valence-corrected chi connectivity index (χ3v) is 4.17. The first-order chi connectivity index (χ1) is 11.8. The quantitative estimate of drug-likeness (QED) is 0.727. The number of hydrogen-bond donors (Lipinski definition) is 0. The topological polar surface area (TPSA) is 73.1 Å². The van der Waals surface area contributed by atoms with Crippen molar-refractivity contribution in [2.75, 3.05) is 13.1 Å². The monoisotopic (exact) mass is 323 g/mol. The molecule has 1 atom stereocenters. The Bertz CT molecular complexity index is 848. The van der Waals surface area contributed by atoms with Gasteiger partial charge in [-0.3, -0.25) is 4.79 Å². The Balaban J connectivity index is 1.39. The van der Waals surface area contributed by atoms with E-state index in [0.717, 1.165) is 17.5 Å². The van der Waals surface area contributed by atoms with E-state index < -0.39 is 0 Å². The van der Waals surface area contributed by atoms with E-state index in [4.69, 9.17) is 4.74 Å². The van der Waals surface area contributed by atoms with Crippen LogP contribution in [0.4, 0.5) is 0 Å². The van der Waals surface area contributed by atoms with Crippen molar-refractivity contribution < 1.29 is 9.53 Å². The zero-order valence-electron chi connectivity index (χ0n) is 13.1. The van der Waals surface area contributed by atoms with Gasteiger partial charge in [0.25, 0.3) is 0 Å². The first-order valence-electron chi connectivity index (χ1n) is 7.91. The molecule has 3 heterocycles. The van der Waals surface area contributed by atoms with Gasteiger partial charge < -0.3 is 14.2 Å². The Morgan fingerprint density at radius 3 is 3.04 bits per heavy atom. The Morgan fingerprint density at radius 2 is 2.17 bits per heavy atom. The summed E-state index contributed by atoms with van der Waals surface area (Å²) in [7, 11) is 0. The van der Waals surface area contributed by atoms with E-state index in [1.54, 1.807) is 24.7 Å². The number of benzene rings is 1. The second kappa shape index (κ2) is 6.27. The van der Waals surface area contributed by atoms with Crippen molar-refractivity contribution in [2.45, 2.75) is 19.1 Å². The van der Waals surface area contributed by atoms with Crippen molar-refractivity contribution >= 4 is 16.9 Å². The van der Waals surface area contributed by atoms with Crippen molar-refractivity contribution in [3.05, 3.63) is 48.9 Å². The highest BCUT2D eigenvalue weighted by atomic mass is 16.5. The summed E-state index contributed by atoms with van der Waals surface area (Å²) in [6.45, 7) is 1.55. The summed E-state index contributed by atoms with van der Waals surface area (Å²) in [6.07, 6.45) is 4.08. The minimum Gasteiger partial charge on any atom is -0.471 e. The molecule has 0 radical (unpaired) electrons. The number of carbonyl (C=O) groups is 1. The maximum Gasteiger partial charge on any atom is 0.242 e. The van der Waals surface area contributed by atoms with Crippen LogP contribution in [0.2, 0.25) is 0 Å². The van der Waals surface area contributed by atoms with Crippen LogP contribution in [0.25, 0.3) is 11.0 Å². The SMILES string of the molecule is O=C(Cn1cnc2ccccc21)N1CC[C@@H](Oc2cccnn2)C1. The van der Waals surface area contributed by atoms with Crippen LogP contribution in [0, 0.1) is 0 Å². The lowest BCUT2D eigenvalue weighted by molar-refractivity contribution is -0.131. The van der Waals surface area contributed by atoms with Crippen molar-refractivity contribution in [2.24, 2.45) is 0 Å². The number of nitrogens with zero attached hydrogens (tertiary/aromatic N) is 5. The molecule has 1 amide bonds. The number of carbonyl (C=O) groups excluding carboxylic acids is 1. The van der Waals surface area contributed by atoms with Crippen LogP contribution in [0.3, 0.4) is 0 Å². The minimum atomic E-state index is -0.0369. The van der Waals surface area contributed by atoms with Gasteiger partial charge >= 0.3 is 0 Å². The van der Waals surface area contributed by atoms with Crippen molar-refractivity contribution in [3.8, 4) is 5.88 Å². The fraction of sp³-hybridized carbons (Fsp3) is 0.294. The van der Waals surface area contributed by atoms with Gasteiger partial charge in [-0.2, -0.15) is 5.10 Å². The molecule has 1 aliphatic heterocycles. The largest absolute Gasteiger partial charge is 0.471 e. The van der Waals surface area contributed by atoms with E-state index in [0.29, 0.717) is 25.5 Å². The molecule has 1 aromatic carbocycles. The maximum absolute atomic E-state index is 12.5. The molecule has 4 rings (SSSR count). The molecule has 122 valence electrons. The molecular formula is C17H17N5O2. The molecule has 0 unspecified atom stereocenters. The van der Waals surface area contributed by atoms with Gasteiger partial charge in [0.1, 0.15) is 12.6 Å². The second-order valence-corrected chi connectivity index (χ2v) is 5.79. The van der Waals surface area contributed by atoms with E-state index in [-0.39, 0.29) is 12.0 Å². The van der Waals surface area contributed by atoms with Crippen LogP contribution < -0.4 is 4.74 Å². The van der Waals surface area contributed by atoms with Crippen molar-refractivity contribution in [1.82, 2.24) is 24.6 Å². The Hall–Kier alpha value is -2.96. The summed E-state index contributed by atoms with van der Waals surface area (Å²) < 4.78 is 7.66. The van der Waals surface area contributed by atoms with Crippen LogP contribution in [0.15, 0.2) is 48.9 Å². The van der Waals surface area contributed by atoms with Crippen molar-refractivity contribution in [3.63, 3.8) is 0 Å². The molecule has 24 heavy (non-hydrogen) atoms. The second-order valence-electron chi connectivity index (χ2n) is 5.79. The van der Waals surface area contributed by atoms with Crippen LogP contribution in [0.1, 0.15) is 6.42 Å². The molecule has 7 heteroatoms. The number of aromatic nitrogens is 4. The highest BCUT2D eigenvalue weighted by Crippen LogP contribution is 2.17. The molecule has 1 fully saturated rings. The molecule has 0 N–H and O–H groups in total. The number of fused-ring (bicyclic) bond motifs is 1. The molecule has 3 aromatic rings. The first-order valence-corrected chi connectivity index (χ1v) is 7.91. The summed E-state index contributed by atoms with van der Waals surface area (Å²) in [5.74, 6) is 0.570. The molecule has 1 aliphatic rings. The molecule has 2 aromatic heterocycles. The van der Waals surface area contributed by atoms with Gasteiger partial charge in [0.05, 0.1) is 23.9 Å². The highest BCUT2D eigenvalue weighted by Gasteiger charge is 2.28. The van der Waals surface area contributed by atoms with E-state index in [9.17, 15) is 4.79 Å². The summed E-state index contributed by atoms with van der Waals surface area (Å²) in [5.41, 5.74) is 1.87. The van der Waals surface area contributed by atoms with Crippen LogP contribution >= 0.6 is 0 Å². The summed E-state index contributed by atoms with van der Waals surface area (Å²) in [4.78, 5) is 18.7. The van der Waals surface area contributed by atoms with Gasteiger partial charge in [-0.05, 0) is 18.2 Å². The molecule has 0 aliphatic carbocycles. The molecule has 0 spiro atoms. The van der Waals surface area contributed by atoms with Gasteiger partial charge in [0.2, 0.25) is 11.8 Å². The Morgan fingerprint density at radius 1 is 1.25 bits per heavy atom. The molecule has 7 nitrogen and oxygen atoms in total. The normalized spacial score (nSPS) is 17.3. The number of para-hydroxylation sites is 2. The van der Waals surface area contributed by atoms with Gasteiger partial charge in [-0.15, -0.1) is 5.10 Å². The smallest absolute Gasteiger partial charge is 0.242 e. The molecule has 1 saturated heterocycles. The number of hydrogen-bond acceptors (Lipinski definition) is 5. The average Bonchev–Trinajstić information content (AvgIpc) is 3.24. The van der Waals surface area contributed by atoms with Gasteiger partial charge in [-0.1, -0.05) is 12.1 Å². The van der Waals surface area contributed by atoms with Crippen LogP contribution in [0.5, 0.6) is 5.88 Å². The fourth-order valence-electron chi connectivity index (χ4n) is 2.95.